The molecule has 0 bridgehead atoms. The molecule has 1 aromatic heterocycles. The number of aromatic amines is 1. The summed E-state index contributed by atoms with van der Waals surface area (Å²) < 4.78 is 1.08. The van der Waals surface area contributed by atoms with Crippen LogP contribution in [0.1, 0.15) is 18.3 Å². The van der Waals surface area contributed by atoms with Crippen molar-refractivity contribution in [2.75, 3.05) is 6.54 Å². The number of hydrogen-bond acceptors (Lipinski definition) is 2. The third kappa shape index (κ3) is 2.45. The Hall–Kier alpha value is -1.55. The van der Waals surface area contributed by atoms with Crippen molar-refractivity contribution in [3.8, 4) is 11.4 Å². The minimum Gasteiger partial charge on any atom is -0.369 e. The molecule has 0 atom stereocenters. The molecule has 98 valence electrons. The van der Waals surface area contributed by atoms with E-state index in [2.05, 4.69) is 51.4 Å². The largest absolute Gasteiger partial charge is 0.369 e. The molecule has 0 spiro atoms. The zero-order chi connectivity index (χ0) is 13.4. The second-order valence-corrected chi connectivity index (χ2v) is 5.84. The number of nitrogens with one attached hydrogen (secondary N) is 1. The van der Waals surface area contributed by atoms with E-state index in [4.69, 9.17) is 4.98 Å². The number of hydrogen-bond donors (Lipinski definition) is 1. The normalized spacial score (nSPS) is 14.3. The molecular weight excluding hydrogens is 302 g/mol. The number of fused-ring (bicyclic) bond motifs is 1. The van der Waals surface area contributed by atoms with Crippen molar-refractivity contribution in [1.82, 2.24) is 14.9 Å². The fraction of sp³-hybridized carbons (Fsp3) is 0.267. The van der Waals surface area contributed by atoms with E-state index < -0.39 is 0 Å². The quantitative estimate of drug-likeness (QED) is 0.915. The highest BCUT2D eigenvalue weighted by Gasteiger charge is 2.20. The van der Waals surface area contributed by atoms with E-state index in [0.717, 1.165) is 41.1 Å². The van der Waals surface area contributed by atoms with Gasteiger partial charge in [0.05, 0.1) is 17.9 Å². The van der Waals surface area contributed by atoms with Gasteiger partial charge < -0.3 is 9.88 Å². The van der Waals surface area contributed by atoms with Gasteiger partial charge in [-0.1, -0.05) is 34.6 Å². The minimum absolute atomic E-state index is 0.883. The SMILES string of the molecule is C=C(C)N1CCc2nc(-c3ccc(Br)cc3)[nH]c2C1. The average Bonchev–Trinajstić information content (AvgIpc) is 2.82. The predicted octanol–water partition coefficient (Wildman–Crippen LogP) is 3.73. The number of allylic oxidation sites excluding steroid dienone is 1. The molecule has 0 radical (unpaired) electrons. The molecule has 0 aliphatic carbocycles. The highest BCUT2D eigenvalue weighted by atomic mass is 79.9. The molecule has 3 nitrogen and oxygen atoms in total. The molecule has 1 aliphatic rings. The van der Waals surface area contributed by atoms with Gasteiger partial charge in [-0.2, -0.15) is 0 Å². The Kier molecular flexibility index (Phi) is 3.19. The van der Waals surface area contributed by atoms with Crippen molar-refractivity contribution in [3.63, 3.8) is 0 Å². The third-order valence-corrected chi connectivity index (χ3v) is 4.02. The van der Waals surface area contributed by atoms with Crippen LogP contribution in [0.15, 0.2) is 41.0 Å². The molecule has 2 aromatic rings. The molecule has 0 saturated heterocycles. The third-order valence-electron chi connectivity index (χ3n) is 3.49. The highest BCUT2D eigenvalue weighted by Crippen LogP contribution is 2.25. The summed E-state index contributed by atoms with van der Waals surface area (Å²) in [6.07, 6.45) is 0.981. The van der Waals surface area contributed by atoms with Crippen molar-refractivity contribution in [2.45, 2.75) is 19.9 Å². The van der Waals surface area contributed by atoms with Crippen LogP contribution < -0.4 is 0 Å². The lowest BCUT2D eigenvalue weighted by atomic mass is 10.1. The van der Waals surface area contributed by atoms with Crippen molar-refractivity contribution >= 4 is 15.9 Å². The summed E-state index contributed by atoms with van der Waals surface area (Å²) in [4.78, 5) is 10.4. The van der Waals surface area contributed by atoms with E-state index in [9.17, 15) is 0 Å². The maximum absolute atomic E-state index is 4.72. The van der Waals surface area contributed by atoms with Crippen molar-refractivity contribution in [1.29, 1.82) is 0 Å². The molecule has 0 saturated carbocycles. The fourth-order valence-corrected chi connectivity index (χ4v) is 2.63. The van der Waals surface area contributed by atoms with Gasteiger partial charge in [-0.05, 0) is 19.1 Å². The summed E-state index contributed by atoms with van der Waals surface area (Å²) in [6.45, 7) is 7.96. The molecule has 4 heteroatoms. The Balaban J connectivity index is 1.91. The van der Waals surface area contributed by atoms with Crippen LogP contribution >= 0.6 is 15.9 Å². The Morgan fingerprint density at radius 3 is 2.79 bits per heavy atom. The van der Waals surface area contributed by atoms with E-state index in [1.54, 1.807) is 0 Å². The summed E-state index contributed by atoms with van der Waals surface area (Å²) in [5, 5.41) is 0. The summed E-state index contributed by atoms with van der Waals surface area (Å²) in [5.74, 6) is 0.959. The Bertz CT molecular complexity index is 613. The van der Waals surface area contributed by atoms with Gasteiger partial charge in [0.15, 0.2) is 0 Å². The molecule has 1 aliphatic heterocycles. The molecule has 0 amide bonds. The molecule has 0 fully saturated rings. The average molecular weight is 318 g/mol. The van der Waals surface area contributed by atoms with Gasteiger partial charge in [-0.3, -0.25) is 0 Å². The lowest BCUT2D eigenvalue weighted by Crippen LogP contribution is -2.28. The Morgan fingerprint density at radius 2 is 2.11 bits per heavy atom. The second kappa shape index (κ2) is 4.85. The summed E-state index contributed by atoms with van der Waals surface area (Å²) in [7, 11) is 0. The molecular formula is C15H16BrN3. The van der Waals surface area contributed by atoms with Gasteiger partial charge in [0.1, 0.15) is 5.82 Å². The Labute approximate surface area is 121 Å². The van der Waals surface area contributed by atoms with E-state index in [-0.39, 0.29) is 0 Å². The van der Waals surface area contributed by atoms with E-state index in [1.165, 1.54) is 11.4 Å². The van der Waals surface area contributed by atoms with Crippen molar-refractivity contribution < 1.29 is 0 Å². The highest BCUT2D eigenvalue weighted by molar-refractivity contribution is 9.10. The van der Waals surface area contributed by atoms with Crippen LogP contribution in [0.5, 0.6) is 0 Å². The first kappa shape index (κ1) is 12.5. The smallest absolute Gasteiger partial charge is 0.137 e. The standard InChI is InChI=1S/C15H16BrN3/c1-10(2)19-8-7-13-14(9-19)18-15(17-13)11-3-5-12(16)6-4-11/h3-6H,1,7-9H2,2H3,(H,17,18). The predicted molar refractivity (Wildman–Crippen MR) is 80.7 cm³/mol. The van der Waals surface area contributed by atoms with Crippen LogP contribution in [0.4, 0.5) is 0 Å². The van der Waals surface area contributed by atoms with Crippen LogP contribution in [0.25, 0.3) is 11.4 Å². The number of nitrogens with zero attached hydrogens (tertiary/aromatic N) is 2. The van der Waals surface area contributed by atoms with Gasteiger partial charge in [-0.15, -0.1) is 0 Å². The van der Waals surface area contributed by atoms with Gasteiger partial charge >= 0.3 is 0 Å². The lowest BCUT2D eigenvalue weighted by Gasteiger charge is -2.27. The van der Waals surface area contributed by atoms with Crippen LogP contribution in [-0.4, -0.2) is 21.4 Å². The summed E-state index contributed by atoms with van der Waals surface area (Å²) in [5.41, 5.74) is 4.65. The van der Waals surface area contributed by atoms with Crippen LogP contribution in [0.2, 0.25) is 0 Å². The lowest BCUT2D eigenvalue weighted by molar-refractivity contribution is 0.319. The van der Waals surface area contributed by atoms with Crippen molar-refractivity contribution in [2.24, 2.45) is 0 Å². The number of benzene rings is 1. The van der Waals surface area contributed by atoms with E-state index in [1.807, 2.05) is 12.1 Å². The number of aromatic nitrogens is 2. The van der Waals surface area contributed by atoms with Crippen LogP contribution in [0, 0.1) is 0 Å². The number of imidazole rings is 1. The first-order valence-corrected chi connectivity index (χ1v) is 7.17. The summed E-state index contributed by atoms with van der Waals surface area (Å²) in [6, 6.07) is 8.23. The fourth-order valence-electron chi connectivity index (χ4n) is 2.36. The second-order valence-electron chi connectivity index (χ2n) is 4.92. The zero-order valence-electron chi connectivity index (χ0n) is 10.9. The van der Waals surface area contributed by atoms with E-state index in [0.29, 0.717) is 0 Å². The van der Waals surface area contributed by atoms with Gasteiger partial charge in [0, 0.05) is 28.7 Å². The van der Waals surface area contributed by atoms with Crippen molar-refractivity contribution in [3.05, 3.63) is 52.4 Å². The van der Waals surface area contributed by atoms with Crippen LogP contribution in [-0.2, 0) is 13.0 Å². The topological polar surface area (TPSA) is 31.9 Å². The summed E-state index contributed by atoms with van der Waals surface area (Å²) >= 11 is 3.45. The molecule has 2 heterocycles. The molecule has 3 rings (SSSR count). The number of rotatable bonds is 2. The monoisotopic (exact) mass is 317 g/mol. The Morgan fingerprint density at radius 1 is 1.37 bits per heavy atom. The van der Waals surface area contributed by atoms with Crippen LogP contribution in [0.3, 0.4) is 0 Å². The zero-order valence-corrected chi connectivity index (χ0v) is 12.5. The first-order chi connectivity index (χ1) is 9.13. The number of H-pyrrole nitrogens is 1. The first-order valence-electron chi connectivity index (χ1n) is 6.37. The maximum atomic E-state index is 4.72. The number of halogens is 1. The maximum Gasteiger partial charge on any atom is 0.137 e. The van der Waals surface area contributed by atoms with Gasteiger partial charge in [-0.25, -0.2) is 4.98 Å². The van der Waals surface area contributed by atoms with Gasteiger partial charge in [0.2, 0.25) is 0 Å². The van der Waals surface area contributed by atoms with Gasteiger partial charge in [0.25, 0.3) is 0 Å². The molecule has 0 unspecified atom stereocenters. The molecule has 19 heavy (non-hydrogen) atoms. The molecule has 1 aromatic carbocycles. The van der Waals surface area contributed by atoms with E-state index >= 15 is 0 Å². The molecule has 1 N–H and O–H groups in total. The minimum atomic E-state index is 0.883.